The van der Waals surface area contributed by atoms with E-state index in [1.54, 1.807) is 12.1 Å². The Morgan fingerprint density at radius 3 is 2.58 bits per heavy atom. The van der Waals surface area contributed by atoms with Crippen LogP contribution in [0.1, 0.15) is 44.2 Å². The number of likely N-dealkylation sites (tertiary alicyclic amines) is 1. The molecule has 0 atom stereocenters. The van der Waals surface area contributed by atoms with Crippen LogP contribution in [-0.2, 0) is 6.42 Å². The molecule has 4 nitrogen and oxygen atoms in total. The van der Waals surface area contributed by atoms with E-state index in [-0.39, 0.29) is 5.75 Å². The summed E-state index contributed by atoms with van der Waals surface area (Å²) < 4.78 is 12.0. The van der Waals surface area contributed by atoms with Gasteiger partial charge in [-0.2, -0.15) is 0 Å². The Labute approximate surface area is 197 Å². The van der Waals surface area contributed by atoms with E-state index in [2.05, 4.69) is 54.3 Å². The highest BCUT2D eigenvalue weighted by atomic mass is 16.5. The van der Waals surface area contributed by atoms with Gasteiger partial charge in [0, 0.05) is 23.7 Å². The highest BCUT2D eigenvalue weighted by Crippen LogP contribution is 2.39. The minimum Gasteiger partial charge on any atom is -0.508 e. The first-order chi connectivity index (χ1) is 16.2. The highest BCUT2D eigenvalue weighted by molar-refractivity contribution is 5.80. The molecule has 174 valence electrons. The standard InChI is InChI=1S/C29H35NO3/c1-3-8-23(4-2)28-21-33-29-20-24(31)11-14-26(29)27(28)19-22-9-12-25(13-10-22)32-18-17-30-15-6-5-7-16-30/h3-4,8-14,20,31H,5-7,15-19,21H2,1-2H3/b8-3-,23-4+. The maximum Gasteiger partial charge on any atom is 0.131 e. The smallest absolute Gasteiger partial charge is 0.131 e. The number of phenols is 1. The molecule has 33 heavy (non-hydrogen) atoms. The quantitative estimate of drug-likeness (QED) is 0.494. The van der Waals surface area contributed by atoms with Crippen LogP contribution in [0.2, 0.25) is 0 Å². The van der Waals surface area contributed by atoms with Crippen molar-refractivity contribution in [3.63, 3.8) is 0 Å². The van der Waals surface area contributed by atoms with Crippen molar-refractivity contribution in [1.82, 2.24) is 4.90 Å². The first-order valence-electron chi connectivity index (χ1n) is 12.1. The first kappa shape index (κ1) is 23.2. The Hall–Kier alpha value is -2.98. The molecule has 4 heteroatoms. The average molecular weight is 446 g/mol. The number of piperidine rings is 1. The van der Waals surface area contributed by atoms with E-state index in [9.17, 15) is 5.11 Å². The molecule has 0 saturated carbocycles. The molecule has 4 rings (SSSR count). The maximum absolute atomic E-state index is 9.92. The number of phenolic OH excluding ortho intramolecular Hbond substituents is 1. The lowest BCUT2D eigenvalue weighted by atomic mass is 9.88. The Bertz CT molecular complexity index is 1030. The van der Waals surface area contributed by atoms with Crippen LogP contribution in [0.25, 0.3) is 5.57 Å². The highest BCUT2D eigenvalue weighted by Gasteiger charge is 2.22. The lowest BCUT2D eigenvalue weighted by Crippen LogP contribution is -2.33. The van der Waals surface area contributed by atoms with Gasteiger partial charge in [0.15, 0.2) is 0 Å². The van der Waals surface area contributed by atoms with Gasteiger partial charge in [0.2, 0.25) is 0 Å². The van der Waals surface area contributed by atoms with Crippen LogP contribution in [-0.4, -0.2) is 42.9 Å². The molecule has 0 bridgehead atoms. The van der Waals surface area contributed by atoms with Crippen molar-refractivity contribution in [2.45, 2.75) is 39.5 Å². The lowest BCUT2D eigenvalue weighted by Gasteiger charge is -2.26. The Morgan fingerprint density at radius 1 is 1.06 bits per heavy atom. The summed E-state index contributed by atoms with van der Waals surface area (Å²) in [6, 6.07) is 13.9. The number of aromatic hydroxyl groups is 1. The lowest BCUT2D eigenvalue weighted by molar-refractivity contribution is 0.183. The Morgan fingerprint density at radius 2 is 1.85 bits per heavy atom. The van der Waals surface area contributed by atoms with Gasteiger partial charge in [-0.1, -0.05) is 36.8 Å². The number of hydrogen-bond acceptors (Lipinski definition) is 4. The van der Waals surface area contributed by atoms with E-state index >= 15 is 0 Å². The second-order valence-electron chi connectivity index (χ2n) is 8.74. The van der Waals surface area contributed by atoms with Gasteiger partial charge >= 0.3 is 0 Å². The second kappa shape index (κ2) is 11.2. The average Bonchev–Trinajstić information content (AvgIpc) is 2.84. The fraction of sp³-hybridized carbons (Fsp3) is 0.379. The molecule has 1 saturated heterocycles. The number of hydrogen-bond donors (Lipinski definition) is 1. The molecule has 0 aliphatic carbocycles. The predicted molar refractivity (Wildman–Crippen MR) is 135 cm³/mol. The summed E-state index contributed by atoms with van der Waals surface area (Å²) in [6.45, 7) is 8.71. The van der Waals surface area contributed by atoms with Crippen LogP contribution < -0.4 is 9.47 Å². The van der Waals surface area contributed by atoms with Gasteiger partial charge in [-0.05, 0) is 87.2 Å². The van der Waals surface area contributed by atoms with Crippen molar-refractivity contribution < 1.29 is 14.6 Å². The van der Waals surface area contributed by atoms with Crippen LogP contribution >= 0.6 is 0 Å². The SMILES string of the molecule is C/C=C\C(=C/C)C1=C(Cc2ccc(OCCN3CCCCC3)cc2)c2ccc(O)cc2OC1. The van der Waals surface area contributed by atoms with Crippen molar-refractivity contribution in [2.75, 3.05) is 32.8 Å². The topological polar surface area (TPSA) is 41.9 Å². The third-order valence-electron chi connectivity index (χ3n) is 6.46. The van der Waals surface area contributed by atoms with Crippen LogP contribution in [0.5, 0.6) is 17.2 Å². The molecule has 2 aromatic rings. The Kier molecular flexibility index (Phi) is 7.90. The van der Waals surface area contributed by atoms with E-state index in [0.717, 1.165) is 36.6 Å². The molecule has 0 unspecified atom stereocenters. The van der Waals surface area contributed by atoms with Crippen molar-refractivity contribution in [3.8, 4) is 17.2 Å². The monoisotopic (exact) mass is 445 g/mol. The molecule has 0 spiro atoms. The van der Waals surface area contributed by atoms with E-state index in [4.69, 9.17) is 9.47 Å². The van der Waals surface area contributed by atoms with Gasteiger partial charge in [-0.25, -0.2) is 0 Å². The molecule has 0 radical (unpaired) electrons. The van der Waals surface area contributed by atoms with Crippen LogP contribution in [0.15, 0.2) is 71.8 Å². The van der Waals surface area contributed by atoms with Crippen LogP contribution in [0.4, 0.5) is 0 Å². The molecule has 0 aromatic heterocycles. The first-order valence-corrected chi connectivity index (χ1v) is 12.1. The number of allylic oxidation sites excluding steroid dienone is 4. The molecular formula is C29H35NO3. The number of rotatable bonds is 8. The van der Waals surface area contributed by atoms with Crippen molar-refractivity contribution in [3.05, 3.63) is 83.0 Å². The third-order valence-corrected chi connectivity index (χ3v) is 6.46. The molecule has 2 aromatic carbocycles. The summed E-state index contributed by atoms with van der Waals surface area (Å²) in [5.41, 5.74) is 5.86. The summed E-state index contributed by atoms with van der Waals surface area (Å²) in [4.78, 5) is 2.50. The third kappa shape index (κ3) is 5.88. The van der Waals surface area contributed by atoms with Crippen LogP contribution in [0, 0.1) is 0 Å². The van der Waals surface area contributed by atoms with Gasteiger partial charge < -0.3 is 14.6 Å². The van der Waals surface area contributed by atoms with Crippen molar-refractivity contribution in [2.24, 2.45) is 0 Å². The van der Waals surface area contributed by atoms with Gasteiger partial charge in [-0.15, -0.1) is 0 Å². The van der Waals surface area contributed by atoms with E-state index < -0.39 is 0 Å². The maximum atomic E-state index is 9.92. The summed E-state index contributed by atoms with van der Waals surface area (Å²) in [6.07, 6.45) is 11.1. The van der Waals surface area contributed by atoms with E-state index in [1.807, 2.05) is 13.0 Å². The molecule has 2 aliphatic heterocycles. The predicted octanol–water partition coefficient (Wildman–Crippen LogP) is 6.17. The number of fused-ring (bicyclic) bond motifs is 1. The van der Waals surface area contributed by atoms with E-state index in [1.165, 1.54) is 54.6 Å². The molecule has 2 heterocycles. The van der Waals surface area contributed by atoms with Gasteiger partial charge in [-0.3, -0.25) is 4.90 Å². The summed E-state index contributed by atoms with van der Waals surface area (Å²) in [7, 11) is 0. The normalized spacial score (nSPS) is 17.2. The van der Waals surface area contributed by atoms with Crippen molar-refractivity contribution in [1.29, 1.82) is 0 Å². The van der Waals surface area contributed by atoms with Gasteiger partial charge in [0.1, 0.15) is 30.5 Å². The van der Waals surface area contributed by atoms with Gasteiger partial charge in [0.25, 0.3) is 0 Å². The summed E-state index contributed by atoms with van der Waals surface area (Å²) >= 11 is 0. The van der Waals surface area contributed by atoms with Gasteiger partial charge in [0.05, 0.1) is 0 Å². The molecule has 2 aliphatic rings. The molecule has 0 amide bonds. The van der Waals surface area contributed by atoms with Crippen molar-refractivity contribution >= 4 is 5.57 Å². The minimum atomic E-state index is 0.224. The Balaban J connectivity index is 1.50. The van der Waals surface area contributed by atoms with Crippen LogP contribution in [0.3, 0.4) is 0 Å². The molecule has 1 fully saturated rings. The molecular weight excluding hydrogens is 410 g/mol. The number of nitrogens with zero attached hydrogens (tertiary/aromatic N) is 1. The number of benzene rings is 2. The fourth-order valence-electron chi connectivity index (χ4n) is 4.67. The number of ether oxygens (including phenoxy) is 2. The summed E-state index contributed by atoms with van der Waals surface area (Å²) in [5.74, 6) is 1.88. The second-order valence-corrected chi connectivity index (χ2v) is 8.74. The minimum absolute atomic E-state index is 0.224. The zero-order valence-corrected chi connectivity index (χ0v) is 19.8. The fourth-order valence-corrected chi connectivity index (χ4v) is 4.67. The van der Waals surface area contributed by atoms with E-state index in [0.29, 0.717) is 6.61 Å². The zero-order chi connectivity index (χ0) is 23.0. The summed E-state index contributed by atoms with van der Waals surface area (Å²) in [5, 5.41) is 9.92. The molecule has 1 N–H and O–H groups in total. The largest absolute Gasteiger partial charge is 0.508 e. The zero-order valence-electron chi connectivity index (χ0n) is 19.8.